The molecule has 0 radical (unpaired) electrons. The number of rotatable bonds is 5. The number of piperidine rings is 1. The summed E-state index contributed by atoms with van der Waals surface area (Å²) < 4.78 is 14.8. The van der Waals surface area contributed by atoms with Crippen LogP contribution in [0.25, 0.3) is 21.9 Å². The molecule has 2 aliphatic heterocycles. The van der Waals surface area contributed by atoms with E-state index in [0.29, 0.717) is 23.7 Å². The maximum Gasteiger partial charge on any atom is 0.159 e. The third-order valence-electron chi connectivity index (χ3n) is 6.73. The maximum atomic E-state index is 14.8. The molecule has 0 spiro atoms. The summed E-state index contributed by atoms with van der Waals surface area (Å²) in [6.07, 6.45) is 7.42. The van der Waals surface area contributed by atoms with Crippen molar-refractivity contribution in [3.05, 3.63) is 53.4 Å². The fourth-order valence-electron chi connectivity index (χ4n) is 4.93. The van der Waals surface area contributed by atoms with Gasteiger partial charge in [0.25, 0.3) is 0 Å². The van der Waals surface area contributed by atoms with E-state index in [-0.39, 0.29) is 11.3 Å². The van der Waals surface area contributed by atoms with E-state index < -0.39 is 5.82 Å². The van der Waals surface area contributed by atoms with Crippen LogP contribution in [0.1, 0.15) is 19.3 Å². The van der Waals surface area contributed by atoms with E-state index >= 15 is 0 Å². The molecule has 0 saturated carbocycles. The molecule has 3 aromatic rings. The number of piperazine rings is 1. The summed E-state index contributed by atoms with van der Waals surface area (Å²) in [5, 5.41) is 21.7. The van der Waals surface area contributed by atoms with Gasteiger partial charge in [0.15, 0.2) is 11.6 Å². The Morgan fingerprint density at radius 1 is 0.914 bits per heavy atom. The summed E-state index contributed by atoms with van der Waals surface area (Å²) in [6, 6.07) is 7.89. The van der Waals surface area contributed by atoms with Crippen molar-refractivity contribution in [1.82, 2.24) is 15.1 Å². The second-order valence-electron chi connectivity index (χ2n) is 8.91. The predicted octanol–water partition coefficient (Wildman–Crippen LogP) is 4.62. The van der Waals surface area contributed by atoms with Crippen LogP contribution in [0.15, 0.2) is 42.6 Å². The Morgan fingerprint density at radius 3 is 2.23 bits per heavy atom. The van der Waals surface area contributed by atoms with E-state index in [1.807, 2.05) is 12.1 Å². The van der Waals surface area contributed by atoms with Crippen molar-refractivity contribution in [3.63, 3.8) is 0 Å². The lowest BCUT2D eigenvalue weighted by atomic mass is 9.99. The van der Waals surface area contributed by atoms with Crippen LogP contribution in [-0.2, 0) is 4.79 Å². The minimum absolute atomic E-state index is 0.0814. The maximum absolute atomic E-state index is 14.8. The molecule has 0 aliphatic carbocycles. The summed E-state index contributed by atoms with van der Waals surface area (Å²) >= 11 is 6.70. The van der Waals surface area contributed by atoms with Crippen molar-refractivity contribution in [2.75, 3.05) is 49.1 Å². The number of benzene rings is 2. The van der Waals surface area contributed by atoms with Crippen LogP contribution in [-0.4, -0.2) is 65.8 Å². The van der Waals surface area contributed by atoms with Gasteiger partial charge in [-0.3, -0.25) is 4.79 Å². The Morgan fingerprint density at radius 2 is 1.57 bits per heavy atom. The second kappa shape index (κ2) is 10.1. The van der Waals surface area contributed by atoms with Gasteiger partial charge in [0.1, 0.15) is 17.9 Å². The first kappa shape index (κ1) is 23.4. The number of aromatic nitrogens is 2. The van der Waals surface area contributed by atoms with Crippen LogP contribution >= 0.6 is 11.6 Å². The average molecular weight is 496 g/mol. The SMILES string of the molecule is O=CC=CN1CCN(c2nnc(N3CCCCC3)c3cc(-c4c(O)cccc4F)c(Cl)cc23)CC1. The fourth-order valence-corrected chi connectivity index (χ4v) is 5.19. The van der Waals surface area contributed by atoms with E-state index in [1.54, 1.807) is 6.20 Å². The van der Waals surface area contributed by atoms with Crippen LogP contribution in [0.5, 0.6) is 5.75 Å². The van der Waals surface area contributed by atoms with Gasteiger partial charge in [0.2, 0.25) is 0 Å². The molecule has 0 atom stereocenters. The van der Waals surface area contributed by atoms with Gasteiger partial charge < -0.3 is 19.8 Å². The minimum atomic E-state index is -0.535. The molecule has 0 bridgehead atoms. The van der Waals surface area contributed by atoms with Gasteiger partial charge in [0.05, 0.1) is 5.56 Å². The number of carbonyl (C=O) groups excluding carboxylic acids is 1. The van der Waals surface area contributed by atoms with E-state index in [1.165, 1.54) is 30.7 Å². The molecule has 1 aromatic heterocycles. The highest BCUT2D eigenvalue weighted by molar-refractivity contribution is 6.34. The van der Waals surface area contributed by atoms with Crippen LogP contribution in [0, 0.1) is 5.82 Å². The Hall–Kier alpha value is -3.39. The van der Waals surface area contributed by atoms with Gasteiger partial charge in [-0.05, 0) is 49.6 Å². The second-order valence-corrected chi connectivity index (χ2v) is 9.31. The quantitative estimate of drug-likeness (QED) is 0.409. The Balaban J connectivity index is 1.62. The van der Waals surface area contributed by atoms with Crippen LogP contribution in [0.4, 0.5) is 16.0 Å². The molecule has 0 amide bonds. The summed E-state index contributed by atoms with van der Waals surface area (Å²) in [6.45, 7) is 4.68. The Bertz CT molecular complexity index is 1250. The number of anilines is 2. The third-order valence-corrected chi connectivity index (χ3v) is 7.05. The van der Waals surface area contributed by atoms with E-state index in [0.717, 1.165) is 67.7 Å². The van der Waals surface area contributed by atoms with Crippen molar-refractivity contribution in [2.24, 2.45) is 0 Å². The average Bonchev–Trinajstić information content (AvgIpc) is 2.88. The van der Waals surface area contributed by atoms with Crippen LogP contribution in [0.2, 0.25) is 5.02 Å². The third kappa shape index (κ3) is 4.62. The number of allylic oxidation sites excluding steroid dienone is 1. The standard InChI is InChI=1S/C26H27ClFN5O2/c27-21-17-19-18(16-20(21)24-22(28)6-4-7-23(24)35)25(32-9-2-1-3-10-32)29-30-26(19)33-13-11-31(12-14-33)8-5-15-34/h4-8,15-17,35H,1-3,9-14H2. The molecule has 5 rings (SSSR count). The van der Waals surface area contributed by atoms with Gasteiger partial charge in [-0.1, -0.05) is 17.7 Å². The van der Waals surface area contributed by atoms with Crippen molar-refractivity contribution in [3.8, 4) is 16.9 Å². The molecule has 2 aliphatic rings. The predicted molar refractivity (Wildman–Crippen MR) is 137 cm³/mol. The van der Waals surface area contributed by atoms with Crippen LogP contribution in [0.3, 0.4) is 0 Å². The molecular weight excluding hydrogens is 469 g/mol. The highest BCUT2D eigenvalue weighted by Crippen LogP contribution is 2.42. The number of hydrogen-bond donors (Lipinski definition) is 1. The lowest BCUT2D eigenvalue weighted by Crippen LogP contribution is -2.44. The van der Waals surface area contributed by atoms with Gasteiger partial charge in [-0.15, -0.1) is 10.2 Å². The molecule has 0 unspecified atom stereocenters. The largest absolute Gasteiger partial charge is 0.507 e. The number of fused-ring (bicyclic) bond motifs is 1. The topological polar surface area (TPSA) is 72.8 Å². The zero-order chi connectivity index (χ0) is 24.4. The number of phenols is 1. The molecule has 9 heteroatoms. The van der Waals surface area contributed by atoms with Crippen molar-refractivity contribution in [1.29, 1.82) is 0 Å². The lowest BCUT2D eigenvalue weighted by Gasteiger charge is -2.35. The fraction of sp³-hybridized carbons (Fsp3) is 0.346. The minimum Gasteiger partial charge on any atom is -0.507 e. The molecule has 35 heavy (non-hydrogen) atoms. The summed E-state index contributed by atoms with van der Waals surface area (Å²) in [7, 11) is 0. The molecule has 3 heterocycles. The summed E-state index contributed by atoms with van der Waals surface area (Å²) in [5.41, 5.74) is 0.508. The molecule has 2 saturated heterocycles. The van der Waals surface area contributed by atoms with E-state index in [4.69, 9.17) is 11.6 Å². The normalized spacial score (nSPS) is 16.9. The van der Waals surface area contributed by atoms with Crippen molar-refractivity contribution in [2.45, 2.75) is 19.3 Å². The smallest absolute Gasteiger partial charge is 0.159 e. The first-order chi connectivity index (χ1) is 17.1. The molecule has 2 fully saturated rings. The number of hydrogen-bond acceptors (Lipinski definition) is 7. The van der Waals surface area contributed by atoms with E-state index in [2.05, 4.69) is 24.9 Å². The highest BCUT2D eigenvalue weighted by Gasteiger charge is 2.25. The Kier molecular flexibility index (Phi) is 6.72. The molecule has 1 N–H and O–H groups in total. The monoisotopic (exact) mass is 495 g/mol. The number of nitrogens with zero attached hydrogens (tertiary/aromatic N) is 5. The number of aldehydes is 1. The molecular formula is C26H27ClFN5O2. The van der Waals surface area contributed by atoms with Crippen LogP contribution < -0.4 is 9.80 Å². The first-order valence-corrected chi connectivity index (χ1v) is 12.3. The van der Waals surface area contributed by atoms with Gasteiger partial charge in [-0.2, -0.15) is 0 Å². The van der Waals surface area contributed by atoms with Gasteiger partial charge in [-0.25, -0.2) is 4.39 Å². The van der Waals surface area contributed by atoms with Gasteiger partial charge in [0, 0.05) is 66.8 Å². The molecule has 182 valence electrons. The van der Waals surface area contributed by atoms with Crippen molar-refractivity contribution < 1.29 is 14.3 Å². The number of phenolic OH excluding ortho intramolecular Hbond substituents is 1. The number of carbonyl (C=O) groups is 1. The van der Waals surface area contributed by atoms with Gasteiger partial charge >= 0.3 is 0 Å². The van der Waals surface area contributed by atoms with E-state index in [9.17, 15) is 14.3 Å². The zero-order valence-corrected chi connectivity index (χ0v) is 20.1. The molecule has 7 nitrogen and oxygen atoms in total. The molecule has 2 aromatic carbocycles. The summed E-state index contributed by atoms with van der Waals surface area (Å²) in [5.74, 6) is 0.788. The van der Waals surface area contributed by atoms with Crippen molar-refractivity contribution >= 4 is 40.3 Å². The zero-order valence-electron chi connectivity index (χ0n) is 19.3. The lowest BCUT2D eigenvalue weighted by molar-refractivity contribution is -0.104. The number of aromatic hydroxyl groups is 1. The first-order valence-electron chi connectivity index (χ1n) is 11.9. The summed E-state index contributed by atoms with van der Waals surface area (Å²) in [4.78, 5) is 17.1. The highest BCUT2D eigenvalue weighted by atomic mass is 35.5. The number of halogens is 2. The Labute approximate surface area is 208 Å².